The van der Waals surface area contributed by atoms with E-state index >= 15 is 0 Å². The lowest BCUT2D eigenvalue weighted by atomic mass is 9.82. The third-order valence-corrected chi connectivity index (χ3v) is 12.7. The molecule has 0 aromatic heterocycles. The zero-order valence-electron chi connectivity index (χ0n) is 39.8. The smallest absolute Gasteiger partial charge is 0.308 e. The number of nitrogens with one attached hydrogen (secondary N) is 1. The summed E-state index contributed by atoms with van der Waals surface area (Å²) in [7, 11) is 0. The van der Waals surface area contributed by atoms with Crippen LogP contribution in [0.2, 0.25) is 0 Å². The molecule has 2 bridgehead atoms. The van der Waals surface area contributed by atoms with Crippen LogP contribution in [0.1, 0.15) is 91.9 Å². The normalized spacial score (nSPS) is 43.7. The van der Waals surface area contributed by atoms with E-state index in [1.54, 1.807) is 51.2 Å². The van der Waals surface area contributed by atoms with Crippen molar-refractivity contribution in [1.82, 2.24) is 5.32 Å². The van der Waals surface area contributed by atoms with Gasteiger partial charge in [-0.1, -0.05) is 86.8 Å². The van der Waals surface area contributed by atoms with Gasteiger partial charge in [-0.3, -0.25) is 9.59 Å². The number of ether oxygens (including phenoxy) is 4. The van der Waals surface area contributed by atoms with Crippen molar-refractivity contribution in [3.8, 4) is 0 Å². The molecule has 3 heterocycles. The summed E-state index contributed by atoms with van der Waals surface area (Å²) in [5.74, 6) is -5.82. The minimum Gasteiger partial charge on any atom is -0.462 e. The van der Waals surface area contributed by atoms with E-state index in [0.29, 0.717) is 0 Å². The van der Waals surface area contributed by atoms with Crippen molar-refractivity contribution >= 4 is 11.9 Å². The summed E-state index contributed by atoms with van der Waals surface area (Å²) in [4.78, 5) is 26.1. The van der Waals surface area contributed by atoms with Crippen LogP contribution in [-0.4, -0.2) is 179 Å². The maximum Gasteiger partial charge on any atom is 0.308 e. The zero-order chi connectivity index (χ0) is 50.6. The van der Waals surface area contributed by atoms with E-state index in [-0.39, 0.29) is 44.6 Å². The van der Waals surface area contributed by atoms with E-state index in [1.165, 1.54) is 0 Å². The number of cyclic esters (lactones) is 1. The maximum atomic E-state index is 13.5. The number of fused-ring (bicyclic) bond motifs is 2. The fourth-order valence-corrected chi connectivity index (χ4v) is 8.43. The van der Waals surface area contributed by atoms with Crippen molar-refractivity contribution in [2.45, 2.75) is 189 Å². The van der Waals surface area contributed by atoms with Crippen molar-refractivity contribution in [2.24, 2.45) is 23.5 Å². The fourth-order valence-electron chi connectivity index (χ4n) is 8.43. The number of amides is 1. The molecule has 19 heteroatoms. The molecule has 0 saturated carbocycles. The highest BCUT2D eigenvalue weighted by Crippen LogP contribution is 2.38. The first kappa shape index (κ1) is 59.1. The van der Waals surface area contributed by atoms with Gasteiger partial charge in [-0.25, -0.2) is 0 Å². The van der Waals surface area contributed by atoms with Crippen LogP contribution in [0.5, 0.6) is 0 Å². The molecular weight excluding hydrogens is 889 g/mol. The summed E-state index contributed by atoms with van der Waals surface area (Å²) >= 11 is 0. The molecule has 1 amide bonds. The maximum absolute atomic E-state index is 13.5. The van der Waals surface area contributed by atoms with E-state index in [1.807, 2.05) is 49.5 Å². The van der Waals surface area contributed by atoms with Gasteiger partial charge in [-0.15, -0.1) is 0 Å². The van der Waals surface area contributed by atoms with E-state index in [0.717, 1.165) is 12.8 Å². The number of allylic oxidation sites excluding steroid dienone is 10. The molecule has 14 N–H and O–H groups in total. The predicted octanol–water partition coefficient (Wildman–Crippen LogP) is -0.0404. The third-order valence-electron chi connectivity index (χ3n) is 12.7. The lowest BCUT2D eigenvalue weighted by Crippen LogP contribution is -2.62. The molecule has 0 aromatic rings. The van der Waals surface area contributed by atoms with Gasteiger partial charge in [0.2, 0.25) is 5.91 Å². The van der Waals surface area contributed by atoms with E-state index in [2.05, 4.69) is 5.32 Å². The van der Waals surface area contributed by atoms with Gasteiger partial charge >= 0.3 is 5.97 Å². The van der Waals surface area contributed by atoms with Gasteiger partial charge in [0, 0.05) is 37.6 Å². The van der Waals surface area contributed by atoms with Crippen LogP contribution < -0.4 is 11.1 Å². The first-order valence-electron chi connectivity index (χ1n) is 23.8. The number of esters is 1. The van der Waals surface area contributed by atoms with Crippen molar-refractivity contribution in [2.75, 3.05) is 13.2 Å². The van der Waals surface area contributed by atoms with Gasteiger partial charge in [0.05, 0.1) is 92.1 Å². The molecule has 0 unspecified atom stereocenters. The molecule has 0 spiro atoms. The summed E-state index contributed by atoms with van der Waals surface area (Å²) < 4.78 is 23.5. The lowest BCUT2D eigenvalue weighted by molar-refractivity contribution is -0.308. The van der Waals surface area contributed by atoms with Crippen LogP contribution in [0.3, 0.4) is 0 Å². The Bertz CT molecular complexity index is 1680. The highest BCUT2D eigenvalue weighted by Gasteiger charge is 2.51. The number of rotatable bonds is 5. The van der Waals surface area contributed by atoms with Crippen LogP contribution in [0.15, 0.2) is 72.9 Å². The Balaban J connectivity index is 1.89. The van der Waals surface area contributed by atoms with E-state index in [9.17, 15) is 65.8 Å². The SMILES string of the molecule is C[C@@H]1[C@H](O)[C@@H](C)/C=C/C=C/CC/C=C/C=C/C=C/C=C/[C@H](O[C@@H]2O[C@H](C)[C@@H](O)[C@H](N)[C@@H]2O)C[C@@H]2O[C@](O)(C[C@@H](O)[C@H](O)CC[C@@H](O)C[C@@H](O)C[C@@H](O)CC(=O)O[C@H]1C)C[C@H](O)[C@H]2C(=O)NCCO. The molecule has 68 heavy (non-hydrogen) atoms. The molecule has 3 aliphatic heterocycles. The summed E-state index contributed by atoms with van der Waals surface area (Å²) in [5, 5.41) is 121. The monoisotopic (exact) mass is 969 g/mol. The standard InChI is InChI=1S/C49H80N2O17/c1-29-17-15-13-11-9-7-5-6-8-10-12-14-16-18-36(67-48-46(62)43(50)45(61)32(4)66-48)26-40-42(47(63)51-21-22-52)39(58)28-49(64,68-40)27-38(57)37(56)20-19-33(53)23-34(54)24-35(55)25-41(59)65-31(3)30(2)44(29)60/h5-6,8,10-18,29-40,42-46,48,52-58,60-62,64H,7,9,19-28,50H2,1-4H3,(H,51,63)/b6-5+,10-8+,13-11+,14-12+,17-15+,18-16+/t29-,30-,31-,32+,33+,34+,35+,36-,37+,38+,39-,40-,42+,43-,44+,45+,46-,48-,49+/m0/s1. The van der Waals surface area contributed by atoms with Gasteiger partial charge in [0.1, 0.15) is 12.2 Å². The minimum atomic E-state index is -2.32. The Hall–Kier alpha value is -3.22. The Kier molecular flexibility index (Phi) is 25.9. The first-order chi connectivity index (χ1) is 32.2. The summed E-state index contributed by atoms with van der Waals surface area (Å²) in [6, 6.07) is -1.14. The number of carbonyl (C=O) groups excluding carboxylic acids is 2. The van der Waals surface area contributed by atoms with Gasteiger partial charge in [-0.2, -0.15) is 0 Å². The number of hydrogen-bond donors (Lipinski definition) is 13. The highest BCUT2D eigenvalue weighted by molar-refractivity contribution is 5.80. The van der Waals surface area contributed by atoms with Gasteiger partial charge in [0.15, 0.2) is 12.1 Å². The molecule has 19 atom stereocenters. The van der Waals surface area contributed by atoms with Gasteiger partial charge < -0.3 is 86.2 Å². The highest BCUT2D eigenvalue weighted by atomic mass is 16.7. The van der Waals surface area contributed by atoms with Crippen LogP contribution in [0.25, 0.3) is 0 Å². The molecule has 2 saturated heterocycles. The first-order valence-corrected chi connectivity index (χ1v) is 23.8. The summed E-state index contributed by atoms with van der Waals surface area (Å²) in [6.07, 6.45) is 2.96. The lowest BCUT2D eigenvalue weighted by Gasteiger charge is -2.46. The quantitative estimate of drug-likeness (QED) is 0.161. The van der Waals surface area contributed by atoms with Crippen LogP contribution >= 0.6 is 0 Å². The molecular formula is C49H80N2O17. The summed E-state index contributed by atoms with van der Waals surface area (Å²) in [6.45, 7) is 6.24. The number of aliphatic hydroxyl groups excluding tert-OH is 10. The van der Waals surface area contributed by atoms with Crippen LogP contribution in [0, 0.1) is 17.8 Å². The average molecular weight is 969 g/mol. The van der Waals surface area contributed by atoms with Crippen LogP contribution in [-0.2, 0) is 28.5 Å². The molecule has 2 fully saturated rings. The summed E-state index contributed by atoms with van der Waals surface area (Å²) in [5.41, 5.74) is 6.07. The predicted molar refractivity (Wildman–Crippen MR) is 250 cm³/mol. The number of hydrogen-bond acceptors (Lipinski definition) is 18. The second-order valence-electron chi connectivity index (χ2n) is 18.5. The Labute approximate surface area is 400 Å². The zero-order valence-corrected chi connectivity index (χ0v) is 39.8. The largest absolute Gasteiger partial charge is 0.462 e. The molecule has 0 aromatic carbocycles. The van der Waals surface area contributed by atoms with Crippen molar-refractivity contribution in [3.05, 3.63) is 72.9 Å². The molecule has 0 radical (unpaired) electrons. The Morgan fingerprint density at radius 3 is 2.01 bits per heavy atom. The topological polar surface area (TPSA) is 332 Å². The van der Waals surface area contributed by atoms with E-state index in [4.69, 9.17) is 24.7 Å². The minimum absolute atomic E-state index is 0.132. The van der Waals surface area contributed by atoms with Crippen molar-refractivity contribution in [3.63, 3.8) is 0 Å². The van der Waals surface area contributed by atoms with Crippen molar-refractivity contribution in [1.29, 1.82) is 0 Å². The molecule has 3 aliphatic rings. The second kappa shape index (κ2) is 29.8. The van der Waals surface area contributed by atoms with Crippen molar-refractivity contribution < 1.29 is 84.7 Å². The number of aliphatic hydroxyl groups is 11. The Morgan fingerprint density at radius 1 is 0.735 bits per heavy atom. The molecule has 19 nitrogen and oxygen atoms in total. The van der Waals surface area contributed by atoms with E-state index < -0.39 is 147 Å². The fraction of sp³-hybridized carbons (Fsp3) is 0.714. The molecule has 0 aliphatic carbocycles. The third kappa shape index (κ3) is 19.9. The van der Waals surface area contributed by atoms with Gasteiger partial charge in [-0.05, 0) is 52.4 Å². The van der Waals surface area contributed by atoms with Crippen LogP contribution in [0.4, 0.5) is 0 Å². The molecule has 388 valence electrons. The average Bonchev–Trinajstić information content (AvgIpc) is 3.26. The Morgan fingerprint density at radius 2 is 1.34 bits per heavy atom. The molecule has 3 rings (SSSR count). The number of nitrogens with two attached hydrogens (primary N) is 1. The second-order valence-corrected chi connectivity index (χ2v) is 18.5. The number of carbonyl (C=O) groups is 2. The van der Waals surface area contributed by atoms with Gasteiger partial charge in [0.25, 0.3) is 0 Å².